The molecule has 2 aromatic rings. The molecular formula is C17H17FN4O2. The van der Waals surface area contributed by atoms with Crippen molar-refractivity contribution in [3.05, 3.63) is 54.1 Å². The second-order valence-electron chi connectivity index (χ2n) is 5.49. The molecule has 24 heavy (non-hydrogen) atoms. The Morgan fingerprint density at radius 1 is 1.08 bits per heavy atom. The third kappa shape index (κ3) is 3.68. The average molecular weight is 328 g/mol. The fourth-order valence-electron chi connectivity index (χ4n) is 2.52. The molecule has 1 aromatic heterocycles. The number of benzene rings is 1. The first-order valence-corrected chi connectivity index (χ1v) is 7.63. The summed E-state index contributed by atoms with van der Waals surface area (Å²) in [5, 5.41) is 2.67. The molecule has 6 nitrogen and oxygen atoms in total. The standard InChI is InChI=1S/C17H17FN4O2/c18-13-1-3-14(4-2-13)20-17(24)16-6-5-15(11-19-16)22-9-7-21(12-23)8-10-22/h1-6,11-12H,7-10H2,(H,20,24). The molecule has 1 aliphatic rings. The molecule has 1 aromatic carbocycles. The van der Waals surface area contributed by atoms with Crippen LogP contribution >= 0.6 is 0 Å². The predicted molar refractivity (Wildman–Crippen MR) is 88.4 cm³/mol. The van der Waals surface area contributed by atoms with Gasteiger partial charge in [-0.05, 0) is 36.4 Å². The zero-order chi connectivity index (χ0) is 16.9. The van der Waals surface area contributed by atoms with Crippen LogP contribution in [-0.4, -0.2) is 48.4 Å². The first-order chi connectivity index (χ1) is 11.7. The Balaban J connectivity index is 1.62. The van der Waals surface area contributed by atoms with Crippen molar-refractivity contribution in [2.45, 2.75) is 0 Å². The van der Waals surface area contributed by atoms with Crippen molar-refractivity contribution < 1.29 is 14.0 Å². The van der Waals surface area contributed by atoms with Gasteiger partial charge in [0.15, 0.2) is 0 Å². The summed E-state index contributed by atoms with van der Waals surface area (Å²) in [4.78, 5) is 30.9. The molecule has 0 saturated carbocycles. The summed E-state index contributed by atoms with van der Waals surface area (Å²) in [6, 6.07) is 9.04. The Kier molecular flexibility index (Phi) is 4.69. The van der Waals surface area contributed by atoms with Gasteiger partial charge in [-0.1, -0.05) is 0 Å². The number of carbonyl (C=O) groups is 2. The van der Waals surface area contributed by atoms with Crippen molar-refractivity contribution >= 4 is 23.7 Å². The minimum absolute atomic E-state index is 0.287. The van der Waals surface area contributed by atoms with Crippen LogP contribution in [0.2, 0.25) is 0 Å². The van der Waals surface area contributed by atoms with E-state index >= 15 is 0 Å². The second kappa shape index (κ2) is 7.08. The van der Waals surface area contributed by atoms with Crippen LogP contribution < -0.4 is 10.2 Å². The highest BCUT2D eigenvalue weighted by Gasteiger charge is 2.16. The lowest BCUT2D eigenvalue weighted by atomic mass is 10.2. The van der Waals surface area contributed by atoms with Crippen LogP contribution in [0.15, 0.2) is 42.6 Å². The van der Waals surface area contributed by atoms with E-state index in [0.29, 0.717) is 18.8 Å². The largest absolute Gasteiger partial charge is 0.367 e. The Bertz CT molecular complexity index is 710. The van der Waals surface area contributed by atoms with Gasteiger partial charge < -0.3 is 15.1 Å². The SMILES string of the molecule is O=CN1CCN(c2ccc(C(=O)Nc3ccc(F)cc3)nc2)CC1. The summed E-state index contributed by atoms with van der Waals surface area (Å²) in [6.45, 7) is 2.83. The van der Waals surface area contributed by atoms with Crippen LogP contribution in [-0.2, 0) is 4.79 Å². The number of anilines is 2. The van der Waals surface area contributed by atoms with Gasteiger partial charge in [0.05, 0.1) is 11.9 Å². The van der Waals surface area contributed by atoms with Gasteiger partial charge in [0.1, 0.15) is 11.5 Å². The number of amides is 2. The molecule has 7 heteroatoms. The number of halogens is 1. The van der Waals surface area contributed by atoms with E-state index in [2.05, 4.69) is 15.2 Å². The van der Waals surface area contributed by atoms with E-state index in [4.69, 9.17) is 0 Å². The molecule has 3 rings (SSSR count). The number of pyridine rings is 1. The maximum Gasteiger partial charge on any atom is 0.274 e. The van der Waals surface area contributed by atoms with E-state index in [9.17, 15) is 14.0 Å². The van der Waals surface area contributed by atoms with Gasteiger partial charge in [0.2, 0.25) is 6.41 Å². The topological polar surface area (TPSA) is 65.5 Å². The smallest absolute Gasteiger partial charge is 0.274 e. The molecule has 0 spiro atoms. The van der Waals surface area contributed by atoms with Crippen LogP contribution in [0, 0.1) is 5.82 Å². The monoisotopic (exact) mass is 328 g/mol. The van der Waals surface area contributed by atoms with E-state index in [0.717, 1.165) is 25.2 Å². The Hall–Kier alpha value is -2.96. The van der Waals surface area contributed by atoms with Crippen LogP contribution in [0.25, 0.3) is 0 Å². The van der Waals surface area contributed by atoms with E-state index in [-0.39, 0.29) is 17.4 Å². The van der Waals surface area contributed by atoms with Crippen molar-refractivity contribution in [1.29, 1.82) is 0 Å². The summed E-state index contributed by atoms with van der Waals surface area (Å²) >= 11 is 0. The highest BCUT2D eigenvalue weighted by Crippen LogP contribution is 2.16. The highest BCUT2D eigenvalue weighted by molar-refractivity contribution is 6.02. The molecule has 0 unspecified atom stereocenters. The van der Waals surface area contributed by atoms with Crippen LogP contribution in [0.4, 0.5) is 15.8 Å². The summed E-state index contributed by atoms with van der Waals surface area (Å²) in [5.41, 5.74) is 1.71. The first-order valence-electron chi connectivity index (χ1n) is 7.63. The molecule has 1 fully saturated rings. The lowest BCUT2D eigenvalue weighted by molar-refractivity contribution is -0.118. The van der Waals surface area contributed by atoms with Crippen molar-refractivity contribution in [3.8, 4) is 0 Å². The second-order valence-corrected chi connectivity index (χ2v) is 5.49. The molecule has 1 aliphatic heterocycles. The molecule has 1 saturated heterocycles. The van der Waals surface area contributed by atoms with Crippen LogP contribution in [0.3, 0.4) is 0 Å². The zero-order valence-corrected chi connectivity index (χ0v) is 13.0. The molecular weight excluding hydrogens is 311 g/mol. The van der Waals surface area contributed by atoms with Crippen molar-refractivity contribution in [2.24, 2.45) is 0 Å². The zero-order valence-electron chi connectivity index (χ0n) is 13.0. The maximum atomic E-state index is 12.9. The van der Waals surface area contributed by atoms with Crippen LogP contribution in [0.1, 0.15) is 10.5 Å². The Morgan fingerprint density at radius 3 is 2.38 bits per heavy atom. The number of aromatic nitrogens is 1. The van der Waals surface area contributed by atoms with Crippen molar-refractivity contribution in [1.82, 2.24) is 9.88 Å². The lowest BCUT2D eigenvalue weighted by Gasteiger charge is -2.33. The summed E-state index contributed by atoms with van der Waals surface area (Å²) in [5.74, 6) is -0.705. The Labute approximate surface area is 138 Å². The number of nitrogens with zero attached hydrogens (tertiary/aromatic N) is 3. The molecule has 0 aliphatic carbocycles. The number of carbonyl (C=O) groups excluding carboxylic acids is 2. The minimum atomic E-state index is -0.356. The molecule has 2 heterocycles. The maximum absolute atomic E-state index is 12.9. The van der Waals surface area contributed by atoms with Gasteiger partial charge in [-0.15, -0.1) is 0 Å². The summed E-state index contributed by atoms with van der Waals surface area (Å²) in [7, 11) is 0. The number of piperazine rings is 1. The third-order valence-corrected chi connectivity index (χ3v) is 3.91. The normalized spacial score (nSPS) is 14.4. The lowest BCUT2D eigenvalue weighted by Crippen LogP contribution is -2.45. The number of nitrogens with one attached hydrogen (secondary N) is 1. The molecule has 0 atom stereocenters. The van der Waals surface area contributed by atoms with E-state index in [1.54, 1.807) is 17.2 Å². The predicted octanol–water partition coefficient (Wildman–Crippen LogP) is 1.75. The number of hydrogen-bond donors (Lipinski definition) is 1. The third-order valence-electron chi connectivity index (χ3n) is 3.91. The van der Waals surface area contributed by atoms with Crippen molar-refractivity contribution in [3.63, 3.8) is 0 Å². The Morgan fingerprint density at radius 2 is 1.79 bits per heavy atom. The molecule has 0 radical (unpaired) electrons. The van der Waals surface area contributed by atoms with Gasteiger partial charge in [0.25, 0.3) is 5.91 Å². The summed E-state index contributed by atoms with van der Waals surface area (Å²) in [6.07, 6.45) is 2.51. The average Bonchev–Trinajstić information content (AvgIpc) is 2.64. The molecule has 124 valence electrons. The van der Waals surface area contributed by atoms with Gasteiger partial charge in [-0.2, -0.15) is 0 Å². The van der Waals surface area contributed by atoms with Gasteiger partial charge in [0, 0.05) is 31.9 Å². The van der Waals surface area contributed by atoms with Gasteiger partial charge in [-0.3, -0.25) is 9.59 Å². The van der Waals surface area contributed by atoms with Gasteiger partial charge in [-0.25, -0.2) is 9.37 Å². The number of rotatable bonds is 4. The van der Waals surface area contributed by atoms with E-state index in [1.807, 2.05) is 6.07 Å². The molecule has 2 amide bonds. The molecule has 1 N–H and O–H groups in total. The quantitative estimate of drug-likeness (QED) is 0.869. The van der Waals surface area contributed by atoms with E-state index < -0.39 is 0 Å². The molecule has 0 bridgehead atoms. The van der Waals surface area contributed by atoms with Crippen molar-refractivity contribution in [2.75, 3.05) is 36.4 Å². The summed E-state index contributed by atoms with van der Waals surface area (Å²) < 4.78 is 12.9. The van der Waals surface area contributed by atoms with Gasteiger partial charge >= 0.3 is 0 Å². The fraction of sp³-hybridized carbons (Fsp3) is 0.235. The first kappa shape index (κ1) is 15.9. The minimum Gasteiger partial charge on any atom is -0.367 e. The number of hydrogen-bond acceptors (Lipinski definition) is 4. The van der Waals surface area contributed by atoms with Crippen LogP contribution in [0.5, 0.6) is 0 Å². The fourth-order valence-corrected chi connectivity index (χ4v) is 2.52. The van der Waals surface area contributed by atoms with E-state index in [1.165, 1.54) is 24.3 Å². The highest BCUT2D eigenvalue weighted by atomic mass is 19.1.